The predicted octanol–water partition coefficient (Wildman–Crippen LogP) is 2.30. The lowest BCUT2D eigenvalue weighted by Crippen LogP contribution is -2.06. The van der Waals surface area contributed by atoms with Crippen LogP contribution in [0.2, 0.25) is 0 Å². The van der Waals surface area contributed by atoms with Crippen molar-refractivity contribution < 1.29 is 5.11 Å². The lowest BCUT2D eigenvalue weighted by Gasteiger charge is -2.08. The van der Waals surface area contributed by atoms with E-state index in [4.69, 9.17) is 5.41 Å². The Hall–Kier alpha value is -0.890. The van der Waals surface area contributed by atoms with Crippen molar-refractivity contribution in [3.05, 3.63) is 23.8 Å². The second-order valence-electron chi connectivity index (χ2n) is 2.95. The van der Waals surface area contributed by atoms with Gasteiger partial charge in [-0.1, -0.05) is 19.6 Å². The number of aliphatic hydroxyl groups excluding tert-OH is 1. The van der Waals surface area contributed by atoms with Crippen molar-refractivity contribution in [2.24, 2.45) is 0 Å². The Morgan fingerprint density at radius 2 is 2.08 bits per heavy atom. The van der Waals surface area contributed by atoms with E-state index in [-0.39, 0.29) is 0 Å². The topological polar surface area (TPSA) is 44.1 Å². The molecule has 2 nitrogen and oxygen atoms in total. The first-order valence-corrected chi connectivity index (χ1v) is 4.09. The van der Waals surface area contributed by atoms with Crippen molar-refractivity contribution in [2.45, 2.75) is 33.3 Å². The summed E-state index contributed by atoms with van der Waals surface area (Å²) in [6, 6.07) is 0. The van der Waals surface area contributed by atoms with Crippen LogP contribution in [0, 0.1) is 5.41 Å². The molecule has 0 aliphatic carbocycles. The van der Waals surface area contributed by atoms with Crippen LogP contribution in [0.3, 0.4) is 0 Å². The molecule has 0 saturated carbocycles. The summed E-state index contributed by atoms with van der Waals surface area (Å²) in [6.07, 6.45) is 1.95. The lowest BCUT2D eigenvalue weighted by atomic mass is 10.1. The fourth-order valence-corrected chi connectivity index (χ4v) is 0.745. The van der Waals surface area contributed by atoms with E-state index in [9.17, 15) is 5.11 Å². The van der Waals surface area contributed by atoms with Crippen molar-refractivity contribution in [3.63, 3.8) is 0 Å². The van der Waals surface area contributed by atoms with E-state index < -0.39 is 6.10 Å². The first kappa shape index (κ1) is 11.1. The fourth-order valence-electron chi connectivity index (χ4n) is 0.745. The van der Waals surface area contributed by atoms with Gasteiger partial charge in [0.1, 0.15) is 0 Å². The molecule has 1 atom stereocenters. The summed E-state index contributed by atoms with van der Waals surface area (Å²) in [7, 11) is 0. The highest BCUT2D eigenvalue weighted by molar-refractivity contribution is 5.95. The molecule has 0 aliphatic rings. The Balaban J connectivity index is 4.34. The van der Waals surface area contributed by atoms with E-state index >= 15 is 0 Å². The zero-order valence-electron chi connectivity index (χ0n) is 8.02. The van der Waals surface area contributed by atoms with Gasteiger partial charge < -0.3 is 10.5 Å². The van der Waals surface area contributed by atoms with Gasteiger partial charge in [0.2, 0.25) is 0 Å². The maximum Gasteiger partial charge on any atom is 0.0781 e. The molecule has 0 aromatic heterocycles. The average molecular weight is 167 g/mol. The fraction of sp³-hybridized carbons (Fsp3) is 0.500. The molecule has 0 saturated heterocycles. The molecule has 0 bridgehead atoms. The Morgan fingerprint density at radius 1 is 1.58 bits per heavy atom. The van der Waals surface area contributed by atoms with Gasteiger partial charge in [0, 0.05) is 5.71 Å². The Morgan fingerprint density at radius 3 is 2.42 bits per heavy atom. The van der Waals surface area contributed by atoms with Crippen LogP contribution >= 0.6 is 0 Å². The molecular formula is C10H17NO. The molecule has 0 aromatic rings. The third-order valence-electron chi connectivity index (χ3n) is 1.81. The van der Waals surface area contributed by atoms with Gasteiger partial charge in [-0.3, -0.25) is 0 Å². The minimum Gasteiger partial charge on any atom is -0.388 e. The number of nitrogens with one attached hydrogen (secondary N) is 1. The van der Waals surface area contributed by atoms with E-state index in [2.05, 4.69) is 6.58 Å². The highest BCUT2D eigenvalue weighted by Gasteiger charge is 2.03. The van der Waals surface area contributed by atoms with Gasteiger partial charge in [-0.05, 0) is 31.4 Å². The normalized spacial score (nSPS) is 14.2. The quantitative estimate of drug-likeness (QED) is 0.489. The maximum absolute atomic E-state index is 9.34. The summed E-state index contributed by atoms with van der Waals surface area (Å²) in [5, 5.41) is 16.6. The van der Waals surface area contributed by atoms with Crippen molar-refractivity contribution in [1.82, 2.24) is 0 Å². The number of aliphatic hydroxyl groups is 1. The number of rotatable bonds is 4. The molecule has 0 aromatic carbocycles. The van der Waals surface area contributed by atoms with Crippen LogP contribution in [0.1, 0.15) is 27.2 Å². The lowest BCUT2D eigenvalue weighted by molar-refractivity contribution is 0.211. The highest BCUT2D eigenvalue weighted by Crippen LogP contribution is 2.08. The molecule has 0 spiro atoms. The highest BCUT2D eigenvalue weighted by atomic mass is 16.3. The third-order valence-corrected chi connectivity index (χ3v) is 1.81. The minimum absolute atomic E-state index is 0.473. The molecular weight excluding hydrogens is 150 g/mol. The molecule has 68 valence electrons. The van der Waals surface area contributed by atoms with Crippen LogP contribution in [0.25, 0.3) is 0 Å². The molecule has 0 aliphatic heterocycles. The number of hydrogen-bond acceptors (Lipinski definition) is 2. The first-order valence-electron chi connectivity index (χ1n) is 4.09. The molecule has 0 fully saturated rings. The van der Waals surface area contributed by atoms with Crippen LogP contribution in [-0.2, 0) is 0 Å². The van der Waals surface area contributed by atoms with Gasteiger partial charge >= 0.3 is 0 Å². The van der Waals surface area contributed by atoms with Gasteiger partial charge in [-0.2, -0.15) is 0 Å². The van der Waals surface area contributed by atoms with Crippen molar-refractivity contribution in [1.29, 1.82) is 5.41 Å². The summed E-state index contributed by atoms with van der Waals surface area (Å²) >= 11 is 0. The van der Waals surface area contributed by atoms with Crippen LogP contribution < -0.4 is 0 Å². The number of hydrogen-bond donors (Lipinski definition) is 2. The van der Waals surface area contributed by atoms with E-state index in [0.29, 0.717) is 17.7 Å². The largest absolute Gasteiger partial charge is 0.388 e. The smallest absolute Gasteiger partial charge is 0.0781 e. The number of allylic oxidation sites excluding steroid dienone is 1. The predicted molar refractivity (Wildman–Crippen MR) is 52.6 cm³/mol. The molecule has 0 rings (SSSR count). The molecule has 0 amide bonds. The molecule has 2 heteroatoms. The first-order chi connectivity index (χ1) is 5.49. The van der Waals surface area contributed by atoms with Crippen LogP contribution in [0.4, 0.5) is 0 Å². The SMILES string of the molecule is C=C(/C=C(/C)C(C)=N)[C@H](O)CC. The van der Waals surface area contributed by atoms with Gasteiger partial charge in [-0.25, -0.2) is 0 Å². The molecule has 12 heavy (non-hydrogen) atoms. The van der Waals surface area contributed by atoms with Crippen LogP contribution in [0.15, 0.2) is 23.8 Å². The van der Waals surface area contributed by atoms with Crippen molar-refractivity contribution >= 4 is 5.71 Å². The summed E-state index contributed by atoms with van der Waals surface area (Å²) in [4.78, 5) is 0. The van der Waals surface area contributed by atoms with Crippen LogP contribution in [-0.4, -0.2) is 16.9 Å². The monoisotopic (exact) mass is 167 g/mol. The van der Waals surface area contributed by atoms with Crippen molar-refractivity contribution in [2.75, 3.05) is 0 Å². The standard InChI is InChI=1S/C10H17NO/c1-5-10(12)8(3)6-7(2)9(4)11/h6,10-12H,3,5H2,1-2,4H3/b7-6-,11-9?/t10-/m1/s1. The summed E-state index contributed by atoms with van der Waals surface area (Å²) in [5.41, 5.74) is 2.05. The van der Waals surface area contributed by atoms with E-state index in [1.54, 1.807) is 13.0 Å². The van der Waals surface area contributed by atoms with E-state index in [1.165, 1.54) is 0 Å². The summed E-state index contributed by atoms with van der Waals surface area (Å²) in [6.45, 7) is 9.19. The Labute approximate surface area is 74.1 Å². The Kier molecular flexibility index (Phi) is 4.52. The van der Waals surface area contributed by atoms with Gasteiger partial charge in [0.05, 0.1) is 6.10 Å². The zero-order chi connectivity index (χ0) is 9.72. The maximum atomic E-state index is 9.34. The second kappa shape index (κ2) is 4.88. The van der Waals surface area contributed by atoms with Gasteiger partial charge in [0.25, 0.3) is 0 Å². The van der Waals surface area contributed by atoms with Crippen LogP contribution in [0.5, 0.6) is 0 Å². The molecule has 2 N–H and O–H groups in total. The average Bonchev–Trinajstić information content (AvgIpc) is 2.02. The second-order valence-corrected chi connectivity index (χ2v) is 2.95. The Bertz CT molecular complexity index is 216. The van der Waals surface area contributed by atoms with E-state index in [1.807, 2.05) is 13.8 Å². The molecule has 0 heterocycles. The van der Waals surface area contributed by atoms with Gasteiger partial charge in [-0.15, -0.1) is 0 Å². The molecule has 0 radical (unpaired) electrons. The third kappa shape index (κ3) is 3.49. The zero-order valence-corrected chi connectivity index (χ0v) is 8.02. The minimum atomic E-state index is -0.473. The summed E-state index contributed by atoms with van der Waals surface area (Å²) < 4.78 is 0. The molecule has 0 unspecified atom stereocenters. The summed E-state index contributed by atoms with van der Waals surface area (Å²) in [5.74, 6) is 0. The van der Waals surface area contributed by atoms with Crippen molar-refractivity contribution in [3.8, 4) is 0 Å². The van der Waals surface area contributed by atoms with E-state index in [0.717, 1.165) is 5.57 Å². The van der Waals surface area contributed by atoms with Gasteiger partial charge in [0.15, 0.2) is 0 Å².